The molecule has 0 saturated heterocycles. The molecule has 0 saturated carbocycles. The standard InChI is InChI=1S/C17H14O7/c1-22-11-8-10-12(13(18)15(11)23-2)14(19)16(20)17(21,24-10)9-6-4-3-5-7-9/h3-8,18,21H,1-2H3. The average Bonchev–Trinajstić information content (AvgIpc) is 2.60. The third-order valence-electron chi connectivity index (χ3n) is 3.77. The SMILES string of the molecule is COc1cc2c(c(O)c1OC)C(=O)C(=O)C(O)(c1ccccc1)O2. The molecule has 1 unspecified atom stereocenters. The van der Waals surface area contributed by atoms with Crippen molar-refractivity contribution < 1.29 is 34.0 Å². The molecule has 7 heteroatoms. The van der Waals surface area contributed by atoms with E-state index >= 15 is 0 Å². The quantitative estimate of drug-likeness (QED) is 0.820. The van der Waals surface area contributed by atoms with Gasteiger partial charge in [-0.2, -0.15) is 0 Å². The predicted octanol–water partition coefficient (Wildman–Crippen LogP) is 1.40. The van der Waals surface area contributed by atoms with E-state index in [1.807, 2.05) is 0 Å². The Morgan fingerprint density at radius 3 is 2.33 bits per heavy atom. The summed E-state index contributed by atoms with van der Waals surface area (Å²) in [4.78, 5) is 24.9. The highest BCUT2D eigenvalue weighted by atomic mass is 16.6. The molecule has 0 radical (unpaired) electrons. The molecule has 0 bridgehead atoms. The zero-order valence-corrected chi connectivity index (χ0v) is 12.9. The number of aliphatic hydroxyl groups is 1. The largest absolute Gasteiger partial charge is 0.504 e. The van der Waals surface area contributed by atoms with Crippen molar-refractivity contribution in [1.29, 1.82) is 0 Å². The van der Waals surface area contributed by atoms with Gasteiger partial charge in [-0.15, -0.1) is 0 Å². The van der Waals surface area contributed by atoms with Crippen LogP contribution in [-0.2, 0) is 10.6 Å². The van der Waals surface area contributed by atoms with Crippen LogP contribution in [0.5, 0.6) is 23.0 Å². The minimum Gasteiger partial charge on any atom is -0.504 e. The lowest BCUT2D eigenvalue weighted by Gasteiger charge is -2.32. The van der Waals surface area contributed by atoms with Gasteiger partial charge in [0.15, 0.2) is 11.5 Å². The number of aromatic hydroxyl groups is 1. The van der Waals surface area contributed by atoms with Crippen LogP contribution in [0.2, 0.25) is 0 Å². The van der Waals surface area contributed by atoms with Crippen LogP contribution < -0.4 is 14.2 Å². The maximum Gasteiger partial charge on any atom is 0.303 e. The van der Waals surface area contributed by atoms with Crippen molar-refractivity contribution in [1.82, 2.24) is 0 Å². The van der Waals surface area contributed by atoms with Crippen LogP contribution in [0.15, 0.2) is 36.4 Å². The summed E-state index contributed by atoms with van der Waals surface area (Å²) in [6.07, 6.45) is 0. The molecule has 24 heavy (non-hydrogen) atoms. The van der Waals surface area contributed by atoms with Crippen LogP contribution in [0.4, 0.5) is 0 Å². The van der Waals surface area contributed by atoms with Gasteiger partial charge in [-0.25, -0.2) is 0 Å². The highest BCUT2D eigenvalue weighted by Crippen LogP contribution is 2.48. The van der Waals surface area contributed by atoms with E-state index in [1.165, 1.54) is 32.4 Å². The third-order valence-corrected chi connectivity index (χ3v) is 3.77. The van der Waals surface area contributed by atoms with Crippen LogP contribution >= 0.6 is 0 Å². The van der Waals surface area contributed by atoms with Crippen LogP contribution in [0, 0.1) is 0 Å². The van der Waals surface area contributed by atoms with E-state index in [0.29, 0.717) is 0 Å². The lowest BCUT2D eigenvalue weighted by atomic mass is 9.91. The first-order valence-corrected chi connectivity index (χ1v) is 6.98. The molecule has 0 aliphatic carbocycles. The van der Waals surface area contributed by atoms with Crippen LogP contribution in [0.3, 0.4) is 0 Å². The van der Waals surface area contributed by atoms with Gasteiger partial charge < -0.3 is 24.4 Å². The number of hydrogen-bond donors (Lipinski definition) is 2. The molecule has 1 aliphatic heterocycles. The molecular formula is C17H14O7. The Bertz CT molecular complexity index is 829. The minimum absolute atomic E-state index is 0.0892. The second kappa shape index (κ2) is 5.54. The molecule has 2 aromatic carbocycles. The molecule has 0 amide bonds. The fourth-order valence-corrected chi connectivity index (χ4v) is 2.58. The number of phenolic OH excluding ortho intramolecular Hbond substituents is 1. The summed E-state index contributed by atoms with van der Waals surface area (Å²) < 4.78 is 15.5. The molecule has 3 rings (SSSR count). The fraction of sp³-hybridized carbons (Fsp3) is 0.176. The highest BCUT2D eigenvalue weighted by molar-refractivity contribution is 6.48. The summed E-state index contributed by atoms with van der Waals surface area (Å²) in [6, 6.07) is 9.06. The van der Waals surface area contributed by atoms with E-state index in [0.717, 1.165) is 0 Å². The van der Waals surface area contributed by atoms with Crippen molar-refractivity contribution in [2.45, 2.75) is 5.79 Å². The maximum absolute atomic E-state index is 12.4. The van der Waals surface area contributed by atoms with E-state index in [2.05, 4.69) is 0 Å². The Labute approximate surface area is 137 Å². The van der Waals surface area contributed by atoms with Gasteiger partial charge in [0.1, 0.15) is 11.3 Å². The number of carbonyl (C=O) groups excluding carboxylic acids is 2. The van der Waals surface area contributed by atoms with Crippen molar-refractivity contribution in [3.63, 3.8) is 0 Å². The summed E-state index contributed by atoms with van der Waals surface area (Å²) in [6.45, 7) is 0. The number of carbonyl (C=O) groups is 2. The summed E-state index contributed by atoms with van der Waals surface area (Å²) in [5, 5.41) is 20.9. The number of fused-ring (bicyclic) bond motifs is 1. The fourth-order valence-electron chi connectivity index (χ4n) is 2.58. The molecule has 1 atom stereocenters. The molecule has 2 aromatic rings. The van der Waals surface area contributed by atoms with Crippen molar-refractivity contribution in [3.8, 4) is 23.0 Å². The Hall–Kier alpha value is -3.06. The Kier molecular flexibility index (Phi) is 3.65. The van der Waals surface area contributed by atoms with Gasteiger partial charge in [0, 0.05) is 11.6 Å². The lowest BCUT2D eigenvalue weighted by molar-refractivity contribution is -0.173. The van der Waals surface area contributed by atoms with Crippen molar-refractivity contribution in [2.75, 3.05) is 14.2 Å². The van der Waals surface area contributed by atoms with Gasteiger partial charge in [0.25, 0.3) is 5.78 Å². The Balaban J connectivity index is 2.22. The summed E-state index contributed by atoms with van der Waals surface area (Å²) >= 11 is 0. The second-order valence-electron chi connectivity index (χ2n) is 5.10. The molecular weight excluding hydrogens is 316 g/mol. The molecule has 1 heterocycles. The predicted molar refractivity (Wildman–Crippen MR) is 81.5 cm³/mol. The number of phenols is 1. The summed E-state index contributed by atoms with van der Waals surface area (Å²) in [5.41, 5.74) is -0.276. The summed E-state index contributed by atoms with van der Waals surface area (Å²) in [7, 11) is 2.61. The van der Waals surface area contributed by atoms with Crippen LogP contribution in [-0.4, -0.2) is 36.0 Å². The number of methoxy groups -OCH3 is 2. The molecule has 0 spiro atoms. The highest BCUT2D eigenvalue weighted by Gasteiger charge is 2.51. The maximum atomic E-state index is 12.4. The Morgan fingerprint density at radius 2 is 1.75 bits per heavy atom. The number of Topliss-reactive ketones (excluding diaryl/α,β-unsaturated/α-hetero) is 2. The lowest BCUT2D eigenvalue weighted by Crippen LogP contribution is -2.48. The van der Waals surface area contributed by atoms with Gasteiger partial charge >= 0.3 is 5.79 Å². The first-order valence-electron chi connectivity index (χ1n) is 6.98. The number of ether oxygens (including phenoxy) is 3. The first-order chi connectivity index (χ1) is 11.4. The molecule has 2 N–H and O–H groups in total. The summed E-state index contributed by atoms with van der Waals surface area (Å²) in [5.74, 6) is -5.54. The van der Waals surface area contributed by atoms with E-state index in [9.17, 15) is 19.8 Å². The van der Waals surface area contributed by atoms with Gasteiger partial charge in [-0.05, 0) is 0 Å². The Morgan fingerprint density at radius 1 is 1.08 bits per heavy atom. The van der Waals surface area contributed by atoms with E-state index < -0.39 is 23.1 Å². The van der Waals surface area contributed by atoms with Crippen molar-refractivity contribution in [2.24, 2.45) is 0 Å². The van der Waals surface area contributed by atoms with E-state index in [1.54, 1.807) is 18.2 Å². The molecule has 0 fully saturated rings. The van der Waals surface area contributed by atoms with Crippen molar-refractivity contribution >= 4 is 11.6 Å². The topological polar surface area (TPSA) is 102 Å². The zero-order chi connectivity index (χ0) is 17.5. The van der Waals surface area contributed by atoms with Gasteiger partial charge in [-0.3, -0.25) is 9.59 Å². The molecule has 1 aliphatic rings. The van der Waals surface area contributed by atoms with Gasteiger partial charge in [0.2, 0.25) is 11.5 Å². The van der Waals surface area contributed by atoms with Crippen molar-refractivity contribution in [3.05, 3.63) is 47.5 Å². The monoisotopic (exact) mass is 330 g/mol. The molecule has 7 nitrogen and oxygen atoms in total. The number of rotatable bonds is 3. The minimum atomic E-state index is -2.47. The number of ketones is 2. The number of benzene rings is 2. The normalized spacial score (nSPS) is 19.5. The third kappa shape index (κ3) is 2.10. The molecule has 0 aromatic heterocycles. The first kappa shape index (κ1) is 15.8. The van der Waals surface area contributed by atoms with Gasteiger partial charge in [0.05, 0.1) is 14.2 Å². The smallest absolute Gasteiger partial charge is 0.303 e. The zero-order valence-electron chi connectivity index (χ0n) is 12.9. The average molecular weight is 330 g/mol. The van der Waals surface area contributed by atoms with E-state index in [4.69, 9.17) is 14.2 Å². The van der Waals surface area contributed by atoms with Gasteiger partial charge in [-0.1, -0.05) is 30.3 Å². The van der Waals surface area contributed by atoms with E-state index in [-0.39, 0.29) is 28.4 Å². The van der Waals surface area contributed by atoms with Crippen LogP contribution in [0.1, 0.15) is 15.9 Å². The van der Waals surface area contributed by atoms with Crippen LogP contribution in [0.25, 0.3) is 0 Å². The second-order valence-corrected chi connectivity index (χ2v) is 5.10. The number of hydrogen-bond acceptors (Lipinski definition) is 7. The molecule has 124 valence electrons.